The van der Waals surface area contributed by atoms with E-state index in [1.54, 1.807) is 0 Å². The Bertz CT molecular complexity index is 695. The van der Waals surface area contributed by atoms with Crippen molar-refractivity contribution in [3.8, 4) is 0 Å². The molecule has 0 saturated carbocycles. The molecule has 0 aromatic carbocycles. The normalized spacial score (nSPS) is 15.2. The summed E-state index contributed by atoms with van der Waals surface area (Å²) >= 11 is 0. The highest BCUT2D eigenvalue weighted by atomic mass is 32.2. The van der Waals surface area contributed by atoms with Crippen LogP contribution in [0, 0.1) is 0 Å². The van der Waals surface area contributed by atoms with Crippen LogP contribution in [0.4, 0.5) is 0 Å². The molecular formula is C13H16N2O9S. The molecule has 12 heteroatoms. The van der Waals surface area contributed by atoms with Gasteiger partial charge in [-0.15, -0.1) is 0 Å². The van der Waals surface area contributed by atoms with Gasteiger partial charge in [0.2, 0.25) is 0 Å². The van der Waals surface area contributed by atoms with Crippen molar-refractivity contribution >= 4 is 40.1 Å². The van der Waals surface area contributed by atoms with Crippen LogP contribution in [-0.4, -0.2) is 71.8 Å². The minimum Gasteiger partial charge on any atom is -0.338 e. The highest BCUT2D eigenvalue weighted by Crippen LogP contribution is 2.09. The lowest BCUT2D eigenvalue weighted by atomic mass is 10.3. The molecule has 11 nitrogen and oxygen atoms in total. The third-order valence-electron chi connectivity index (χ3n) is 3.16. The van der Waals surface area contributed by atoms with Gasteiger partial charge in [0.25, 0.3) is 27.8 Å². The Hall–Kier alpha value is -2.60. The first-order valence-corrected chi connectivity index (χ1v) is 8.50. The molecule has 1 unspecified atom stereocenters. The predicted octanol–water partition coefficient (Wildman–Crippen LogP) is -1.55. The van der Waals surface area contributed by atoms with Gasteiger partial charge in [0.05, 0.1) is 0 Å². The fourth-order valence-corrected chi connectivity index (χ4v) is 2.64. The van der Waals surface area contributed by atoms with Gasteiger partial charge in [-0.25, -0.2) is 4.79 Å². The van der Waals surface area contributed by atoms with E-state index in [0.717, 1.165) is 24.1 Å². The number of imide groups is 1. The molecule has 0 aliphatic carbocycles. The number of aldehydes is 1. The van der Waals surface area contributed by atoms with Crippen molar-refractivity contribution < 1.29 is 41.8 Å². The van der Waals surface area contributed by atoms with Crippen LogP contribution in [0.3, 0.4) is 0 Å². The average molecular weight is 376 g/mol. The molecule has 1 aliphatic heterocycles. The van der Waals surface area contributed by atoms with Crippen molar-refractivity contribution in [2.24, 2.45) is 0 Å². The van der Waals surface area contributed by atoms with Crippen LogP contribution < -0.4 is 0 Å². The van der Waals surface area contributed by atoms with Gasteiger partial charge < -0.3 is 9.63 Å². The SMILES string of the molecule is CN(OC(=O)CCCN1C(=O)C=CC1=O)C(=O)C(CC=O)S(=O)(=O)O. The van der Waals surface area contributed by atoms with Crippen molar-refractivity contribution in [2.45, 2.75) is 24.5 Å². The van der Waals surface area contributed by atoms with Gasteiger partial charge in [0, 0.05) is 38.6 Å². The second kappa shape index (κ2) is 8.48. The van der Waals surface area contributed by atoms with Gasteiger partial charge in [-0.1, -0.05) is 0 Å². The van der Waals surface area contributed by atoms with E-state index in [4.69, 9.17) is 4.55 Å². The zero-order valence-corrected chi connectivity index (χ0v) is 14.0. The van der Waals surface area contributed by atoms with Crippen LogP contribution in [0.2, 0.25) is 0 Å². The Balaban J connectivity index is 2.50. The van der Waals surface area contributed by atoms with E-state index < -0.39 is 45.5 Å². The number of hydrogen-bond acceptors (Lipinski definition) is 8. The summed E-state index contributed by atoms with van der Waals surface area (Å²) in [5, 5.41) is -1.77. The second-order valence-corrected chi connectivity index (χ2v) is 6.57. The van der Waals surface area contributed by atoms with Gasteiger partial charge in [-0.2, -0.15) is 13.5 Å². The largest absolute Gasteiger partial charge is 0.338 e. The summed E-state index contributed by atoms with van der Waals surface area (Å²) in [7, 11) is -3.90. The van der Waals surface area contributed by atoms with Crippen LogP contribution in [-0.2, 0) is 38.9 Å². The van der Waals surface area contributed by atoms with Gasteiger partial charge in [0.1, 0.15) is 6.29 Å². The van der Waals surface area contributed by atoms with Crippen LogP contribution in [0.15, 0.2) is 12.2 Å². The third kappa shape index (κ3) is 5.76. The predicted molar refractivity (Wildman–Crippen MR) is 80.0 cm³/mol. The fourth-order valence-electron chi connectivity index (χ4n) is 1.92. The lowest BCUT2D eigenvalue weighted by Gasteiger charge is -2.20. The molecule has 138 valence electrons. The van der Waals surface area contributed by atoms with E-state index in [2.05, 4.69) is 4.84 Å². The molecule has 25 heavy (non-hydrogen) atoms. The molecule has 1 aliphatic rings. The fraction of sp³-hybridized carbons (Fsp3) is 0.462. The van der Waals surface area contributed by atoms with Gasteiger partial charge in [-0.05, 0) is 6.42 Å². The summed E-state index contributed by atoms with van der Waals surface area (Å²) in [6.45, 7) is -0.0315. The zero-order chi connectivity index (χ0) is 19.2. The van der Waals surface area contributed by atoms with Crippen LogP contribution in [0.5, 0.6) is 0 Å². The summed E-state index contributed by atoms with van der Waals surface area (Å²) in [4.78, 5) is 62.0. The molecule has 1 heterocycles. The van der Waals surface area contributed by atoms with Crippen LogP contribution in [0.1, 0.15) is 19.3 Å². The van der Waals surface area contributed by atoms with Crippen LogP contribution >= 0.6 is 0 Å². The lowest BCUT2D eigenvalue weighted by Crippen LogP contribution is -2.42. The number of hydrogen-bond donors (Lipinski definition) is 1. The Labute approximate surface area is 142 Å². The smallest absolute Gasteiger partial charge is 0.332 e. The molecule has 0 radical (unpaired) electrons. The summed E-state index contributed by atoms with van der Waals surface area (Å²) in [6.07, 6.45) is 1.32. The maximum absolute atomic E-state index is 11.8. The molecule has 0 aromatic rings. The standard InChI is InChI=1S/C13H16N2O9S/c1-14(13(20)9(6-8-16)25(21,22)23)24-12(19)3-2-7-15-10(17)4-5-11(15)18/h4-5,8-9H,2-3,6-7H2,1H3,(H,21,22,23). The summed E-state index contributed by atoms with van der Waals surface area (Å²) in [5.74, 6) is -3.23. The molecule has 1 N–H and O–H groups in total. The second-order valence-electron chi connectivity index (χ2n) is 4.97. The molecular weight excluding hydrogens is 360 g/mol. The first-order chi connectivity index (χ1) is 11.6. The number of nitrogens with zero attached hydrogens (tertiary/aromatic N) is 2. The Morgan fingerprint density at radius 1 is 1.32 bits per heavy atom. The molecule has 0 spiro atoms. The van der Waals surface area contributed by atoms with Crippen molar-refractivity contribution in [1.29, 1.82) is 0 Å². The molecule has 1 atom stereocenters. The molecule has 0 saturated heterocycles. The van der Waals surface area contributed by atoms with Gasteiger partial charge in [-0.3, -0.25) is 23.8 Å². The molecule has 3 amide bonds. The first-order valence-electron chi connectivity index (χ1n) is 6.99. The van der Waals surface area contributed by atoms with Crippen molar-refractivity contribution in [3.05, 3.63) is 12.2 Å². The quantitative estimate of drug-likeness (QED) is 0.229. The van der Waals surface area contributed by atoms with E-state index in [1.165, 1.54) is 0 Å². The summed E-state index contributed by atoms with van der Waals surface area (Å²) < 4.78 is 31.1. The number of carbonyl (C=O) groups is 5. The van der Waals surface area contributed by atoms with Crippen molar-refractivity contribution in [2.75, 3.05) is 13.6 Å². The van der Waals surface area contributed by atoms with E-state index in [1.807, 2.05) is 0 Å². The maximum Gasteiger partial charge on any atom is 0.332 e. The topological polar surface area (TPSA) is 155 Å². The first kappa shape index (κ1) is 20.4. The molecule has 1 rings (SSSR count). The van der Waals surface area contributed by atoms with E-state index in [-0.39, 0.29) is 25.7 Å². The zero-order valence-electron chi connectivity index (χ0n) is 13.2. The van der Waals surface area contributed by atoms with Crippen molar-refractivity contribution in [1.82, 2.24) is 9.96 Å². The lowest BCUT2D eigenvalue weighted by molar-refractivity contribution is -0.192. The van der Waals surface area contributed by atoms with E-state index in [0.29, 0.717) is 5.06 Å². The number of amides is 3. The van der Waals surface area contributed by atoms with Gasteiger partial charge >= 0.3 is 5.97 Å². The number of rotatable bonds is 8. The van der Waals surface area contributed by atoms with Gasteiger partial charge in [0.15, 0.2) is 5.25 Å². The monoisotopic (exact) mass is 376 g/mol. The summed E-state index contributed by atoms with van der Waals surface area (Å²) in [5.41, 5.74) is 0. The highest BCUT2D eigenvalue weighted by Gasteiger charge is 2.34. The Morgan fingerprint density at radius 3 is 2.36 bits per heavy atom. The molecule has 0 fully saturated rings. The number of carbonyl (C=O) groups excluding carboxylic acids is 5. The van der Waals surface area contributed by atoms with E-state index in [9.17, 15) is 32.4 Å². The van der Waals surface area contributed by atoms with Crippen molar-refractivity contribution in [3.63, 3.8) is 0 Å². The minimum atomic E-state index is -4.85. The highest BCUT2D eigenvalue weighted by molar-refractivity contribution is 7.87. The minimum absolute atomic E-state index is 0.0315. The Kier molecular flexibility index (Phi) is 6.94. The third-order valence-corrected chi connectivity index (χ3v) is 4.27. The van der Waals surface area contributed by atoms with Crippen LogP contribution in [0.25, 0.3) is 0 Å². The molecule has 0 aromatic heterocycles. The average Bonchev–Trinajstić information content (AvgIpc) is 2.82. The summed E-state index contributed by atoms with van der Waals surface area (Å²) in [6, 6.07) is 0. The molecule has 0 bridgehead atoms. The Morgan fingerprint density at radius 2 is 1.88 bits per heavy atom. The van der Waals surface area contributed by atoms with E-state index >= 15 is 0 Å². The maximum atomic E-state index is 11.8. The number of hydroxylamine groups is 2.